The van der Waals surface area contributed by atoms with Crippen molar-refractivity contribution in [3.63, 3.8) is 0 Å². The van der Waals surface area contributed by atoms with Crippen molar-refractivity contribution >= 4 is 20.2 Å². The molecule has 0 aliphatic carbocycles. The summed E-state index contributed by atoms with van der Waals surface area (Å²) in [6.07, 6.45) is 0. The van der Waals surface area contributed by atoms with Gasteiger partial charge in [-0.3, -0.25) is 9.11 Å². The van der Waals surface area contributed by atoms with E-state index in [1.807, 2.05) is 0 Å². The number of ether oxygens (including phenoxy) is 2. The molecule has 0 aliphatic heterocycles. The van der Waals surface area contributed by atoms with Crippen LogP contribution in [0.4, 0.5) is 0 Å². The summed E-state index contributed by atoms with van der Waals surface area (Å²) in [5.74, 6) is -1.14. The van der Waals surface area contributed by atoms with Crippen LogP contribution >= 0.6 is 0 Å². The molecule has 0 radical (unpaired) electrons. The zero-order valence-electron chi connectivity index (χ0n) is 10.0. The van der Waals surface area contributed by atoms with E-state index in [4.69, 9.17) is 18.6 Å². The molecule has 10 nitrogen and oxygen atoms in total. The van der Waals surface area contributed by atoms with Crippen LogP contribution in [0.1, 0.15) is 0 Å². The highest BCUT2D eigenvalue weighted by Gasteiger charge is 2.07. The summed E-state index contributed by atoms with van der Waals surface area (Å²) in [6, 6.07) is 2.64. The van der Waals surface area contributed by atoms with Crippen LogP contribution in [-0.4, -0.2) is 60.9 Å². The van der Waals surface area contributed by atoms with Crippen molar-refractivity contribution in [2.45, 2.75) is 0 Å². The summed E-state index contributed by atoms with van der Waals surface area (Å²) in [5, 5.41) is 7.06. The molecule has 0 aromatic carbocycles. The molecule has 0 spiro atoms. The highest BCUT2D eigenvalue weighted by atomic mass is 32.2. The van der Waals surface area contributed by atoms with E-state index in [1.54, 1.807) is 0 Å². The average Bonchev–Trinajstić information content (AvgIpc) is 2.28. The number of nitrogens with zero attached hydrogens (tertiary/aromatic N) is 2. The second-order valence-electron chi connectivity index (χ2n) is 3.48. The van der Waals surface area contributed by atoms with Gasteiger partial charge in [-0.05, 0) is 0 Å². The molecule has 1 heterocycles. The van der Waals surface area contributed by atoms with Crippen LogP contribution in [0.25, 0.3) is 0 Å². The van der Waals surface area contributed by atoms with E-state index >= 15 is 0 Å². The van der Waals surface area contributed by atoms with Crippen LogP contribution < -0.4 is 9.47 Å². The topological polar surface area (TPSA) is 153 Å². The van der Waals surface area contributed by atoms with Gasteiger partial charge in [0, 0.05) is 12.1 Å². The molecule has 1 rings (SSSR count). The van der Waals surface area contributed by atoms with E-state index in [0.29, 0.717) is 0 Å². The minimum Gasteiger partial charge on any atom is -0.475 e. The molecular weight excluding hydrogens is 316 g/mol. The van der Waals surface area contributed by atoms with E-state index in [-0.39, 0.29) is 25.0 Å². The van der Waals surface area contributed by atoms with Gasteiger partial charge >= 0.3 is 0 Å². The third kappa shape index (κ3) is 7.83. The SMILES string of the molecule is O=S(=O)(O)CCOc1ccc(OCCS(=O)(=O)O)nn1. The maximum Gasteiger partial charge on any atom is 0.268 e. The standard InChI is InChI=1S/C8H12N2O8S2/c11-19(12,13)5-3-17-7-1-2-8(10-9-7)18-4-6-20(14,15)16/h1-2H,3-6H2,(H,11,12,13)(H,14,15,16). The minimum absolute atomic E-state index is 0.00998. The lowest BCUT2D eigenvalue weighted by molar-refractivity contribution is 0.300. The molecule has 1 aromatic heterocycles. The van der Waals surface area contributed by atoms with Crippen molar-refractivity contribution in [1.82, 2.24) is 10.2 Å². The van der Waals surface area contributed by atoms with Crippen LogP contribution in [0.3, 0.4) is 0 Å². The normalized spacial score (nSPS) is 12.1. The Kier molecular flexibility index (Phi) is 5.62. The summed E-state index contributed by atoms with van der Waals surface area (Å²) >= 11 is 0. The first-order valence-corrected chi connectivity index (χ1v) is 8.37. The highest BCUT2D eigenvalue weighted by Crippen LogP contribution is 2.10. The van der Waals surface area contributed by atoms with E-state index in [0.717, 1.165) is 0 Å². The van der Waals surface area contributed by atoms with Gasteiger partial charge in [0.15, 0.2) is 0 Å². The van der Waals surface area contributed by atoms with Crippen molar-refractivity contribution in [1.29, 1.82) is 0 Å². The average molecular weight is 328 g/mol. The van der Waals surface area contributed by atoms with Gasteiger partial charge in [0.25, 0.3) is 20.2 Å². The Bertz CT molecular complexity index is 568. The van der Waals surface area contributed by atoms with Crippen LogP contribution in [-0.2, 0) is 20.2 Å². The van der Waals surface area contributed by atoms with E-state index in [9.17, 15) is 16.8 Å². The molecule has 2 N–H and O–H groups in total. The molecule has 0 fully saturated rings. The first kappa shape index (κ1) is 16.6. The van der Waals surface area contributed by atoms with Gasteiger partial charge in [0.2, 0.25) is 11.8 Å². The van der Waals surface area contributed by atoms with Gasteiger partial charge in [0.1, 0.15) is 24.7 Å². The van der Waals surface area contributed by atoms with Gasteiger partial charge in [-0.25, -0.2) is 0 Å². The lowest BCUT2D eigenvalue weighted by Crippen LogP contribution is -2.14. The lowest BCUT2D eigenvalue weighted by Gasteiger charge is -2.05. The maximum atomic E-state index is 10.4. The van der Waals surface area contributed by atoms with Crippen molar-refractivity contribution < 1.29 is 35.4 Å². The van der Waals surface area contributed by atoms with Crippen molar-refractivity contribution in [3.05, 3.63) is 12.1 Å². The van der Waals surface area contributed by atoms with Crippen LogP contribution in [0.5, 0.6) is 11.8 Å². The van der Waals surface area contributed by atoms with E-state index < -0.39 is 31.7 Å². The summed E-state index contributed by atoms with van der Waals surface area (Å²) in [7, 11) is -8.21. The zero-order chi connectivity index (χ0) is 15.2. The molecule has 0 aliphatic rings. The van der Waals surface area contributed by atoms with E-state index in [2.05, 4.69) is 10.2 Å². The zero-order valence-corrected chi connectivity index (χ0v) is 11.7. The van der Waals surface area contributed by atoms with E-state index in [1.165, 1.54) is 12.1 Å². The number of aromatic nitrogens is 2. The molecule has 114 valence electrons. The Morgan fingerprint density at radius 2 is 1.20 bits per heavy atom. The number of hydrogen-bond donors (Lipinski definition) is 2. The molecule has 12 heteroatoms. The van der Waals surface area contributed by atoms with Gasteiger partial charge in [-0.2, -0.15) is 16.8 Å². The Hall–Kier alpha value is -1.50. The van der Waals surface area contributed by atoms with Gasteiger partial charge in [-0.15, -0.1) is 10.2 Å². The molecule has 20 heavy (non-hydrogen) atoms. The molecule has 0 bridgehead atoms. The van der Waals surface area contributed by atoms with Gasteiger partial charge in [0.05, 0.1) is 0 Å². The minimum atomic E-state index is -4.11. The Morgan fingerprint density at radius 1 is 0.850 bits per heavy atom. The van der Waals surface area contributed by atoms with Crippen LogP contribution in [0.2, 0.25) is 0 Å². The van der Waals surface area contributed by atoms with Crippen LogP contribution in [0.15, 0.2) is 12.1 Å². The Balaban J connectivity index is 2.40. The summed E-state index contributed by atoms with van der Waals surface area (Å²) in [4.78, 5) is 0. The van der Waals surface area contributed by atoms with Crippen molar-refractivity contribution in [2.75, 3.05) is 24.7 Å². The molecule has 0 saturated carbocycles. The predicted molar refractivity (Wildman–Crippen MR) is 65.9 cm³/mol. The molecule has 0 amide bonds. The Morgan fingerprint density at radius 3 is 1.45 bits per heavy atom. The predicted octanol–water partition coefficient (Wildman–Crippen LogP) is -0.990. The largest absolute Gasteiger partial charge is 0.475 e. The first-order chi connectivity index (χ1) is 9.16. The van der Waals surface area contributed by atoms with Crippen LogP contribution in [0, 0.1) is 0 Å². The molecule has 1 aromatic rings. The second kappa shape index (κ2) is 6.78. The molecular formula is C8H12N2O8S2. The molecule has 0 unspecified atom stereocenters. The van der Waals surface area contributed by atoms with Gasteiger partial charge < -0.3 is 9.47 Å². The fourth-order valence-corrected chi connectivity index (χ4v) is 1.55. The first-order valence-electron chi connectivity index (χ1n) is 5.15. The summed E-state index contributed by atoms with van der Waals surface area (Å²) in [6.45, 7) is -0.590. The molecule has 0 atom stereocenters. The lowest BCUT2D eigenvalue weighted by atomic mass is 10.5. The van der Waals surface area contributed by atoms with Crippen molar-refractivity contribution in [3.8, 4) is 11.8 Å². The Labute approximate surface area is 115 Å². The fourth-order valence-electron chi connectivity index (χ4n) is 0.965. The second-order valence-corrected chi connectivity index (χ2v) is 6.62. The quantitative estimate of drug-likeness (QED) is 0.568. The smallest absolute Gasteiger partial charge is 0.268 e. The molecule has 0 saturated heterocycles. The fraction of sp³-hybridized carbons (Fsp3) is 0.500. The number of hydrogen-bond acceptors (Lipinski definition) is 8. The third-order valence-electron chi connectivity index (χ3n) is 1.80. The van der Waals surface area contributed by atoms with Gasteiger partial charge in [-0.1, -0.05) is 0 Å². The number of rotatable bonds is 8. The highest BCUT2D eigenvalue weighted by molar-refractivity contribution is 7.86. The summed E-state index contributed by atoms with van der Waals surface area (Å²) in [5.41, 5.74) is 0. The summed E-state index contributed by atoms with van der Waals surface area (Å²) < 4.78 is 68.4. The maximum absolute atomic E-state index is 10.4. The van der Waals surface area contributed by atoms with Crippen molar-refractivity contribution in [2.24, 2.45) is 0 Å². The monoisotopic (exact) mass is 328 g/mol. The third-order valence-corrected chi connectivity index (χ3v) is 3.16.